The highest BCUT2D eigenvalue weighted by atomic mass is 16.5. The Morgan fingerprint density at radius 2 is 1.81 bits per heavy atom. The maximum Gasteiger partial charge on any atom is 0.271 e. The quantitative estimate of drug-likeness (QED) is 0.193. The van der Waals surface area contributed by atoms with E-state index in [0.717, 1.165) is 27.5 Å². The zero-order valence-electron chi connectivity index (χ0n) is 24.0. The average Bonchev–Trinajstić information content (AvgIpc) is 3.42. The molecule has 1 aliphatic rings. The zero-order chi connectivity index (χ0) is 29.8. The van der Waals surface area contributed by atoms with Crippen molar-refractivity contribution in [2.45, 2.75) is 34.2 Å². The van der Waals surface area contributed by atoms with Crippen molar-refractivity contribution in [2.75, 3.05) is 6.61 Å². The molecule has 5 rings (SSSR count). The molecule has 0 saturated heterocycles. The molecule has 0 atom stereocenters. The molecule has 0 unspecified atom stereocenters. The van der Waals surface area contributed by atoms with Crippen LogP contribution in [-0.2, 0) is 16.1 Å². The van der Waals surface area contributed by atoms with Crippen molar-refractivity contribution < 1.29 is 14.3 Å². The van der Waals surface area contributed by atoms with Gasteiger partial charge in [-0.25, -0.2) is 4.68 Å². The number of ether oxygens (including phenoxy) is 1. The van der Waals surface area contributed by atoms with Crippen molar-refractivity contribution in [3.63, 3.8) is 0 Å². The van der Waals surface area contributed by atoms with Gasteiger partial charge in [-0.3, -0.25) is 19.5 Å². The van der Waals surface area contributed by atoms with Crippen LogP contribution in [0.15, 0.2) is 96.0 Å². The Morgan fingerprint density at radius 3 is 2.48 bits per heavy atom. The van der Waals surface area contributed by atoms with Gasteiger partial charge in [0.1, 0.15) is 17.4 Å². The first-order valence-corrected chi connectivity index (χ1v) is 13.7. The molecule has 0 aliphatic carbocycles. The van der Waals surface area contributed by atoms with E-state index < -0.39 is 11.8 Å². The Labute approximate surface area is 245 Å². The molecule has 0 saturated carbocycles. The third kappa shape index (κ3) is 5.77. The second-order valence-electron chi connectivity index (χ2n) is 10.6. The Balaban J connectivity index is 1.62. The van der Waals surface area contributed by atoms with E-state index in [-0.39, 0.29) is 17.7 Å². The van der Waals surface area contributed by atoms with Crippen LogP contribution in [0.3, 0.4) is 0 Å². The van der Waals surface area contributed by atoms with Crippen LogP contribution in [-0.4, -0.2) is 38.1 Å². The van der Waals surface area contributed by atoms with Gasteiger partial charge in [0, 0.05) is 35.3 Å². The summed E-state index contributed by atoms with van der Waals surface area (Å²) in [6, 6.07) is 21.1. The summed E-state index contributed by atoms with van der Waals surface area (Å²) < 4.78 is 7.74. The molecule has 0 N–H and O–H groups in total. The molecule has 2 amide bonds. The SMILES string of the molecule is CC1=C(C#N)C(=O)N(Cc2cccnc2)C(=O)/C1=C/c1cn(-c2ccccc2)nc1-c1ccc(OCC(C)C)c(C)c1. The van der Waals surface area contributed by atoms with E-state index in [1.54, 1.807) is 42.2 Å². The van der Waals surface area contributed by atoms with Crippen molar-refractivity contribution in [2.24, 2.45) is 5.92 Å². The van der Waals surface area contributed by atoms with Crippen LogP contribution < -0.4 is 4.74 Å². The Morgan fingerprint density at radius 1 is 1.02 bits per heavy atom. The lowest BCUT2D eigenvalue weighted by molar-refractivity contribution is -0.141. The molecular formula is C34H31N5O3. The summed E-state index contributed by atoms with van der Waals surface area (Å²) in [5.41, 5.74) is 5.20. The lowest BCUT2D eigenvalue weighted by Gasteiger charge is -2.27. The van der Waals surface area contributed by atoms with Crippen LogP contribution in [0.4, 0.5) is 0 Å². The van der Waals surface area contributed by atoms with Crippen LogP contribution in [0.25, 0.3) is 23.0 Å². The lowest BCUT2D eigenvalue weighted by atomic mass is 9.93. The lowest BCUT2D eigenvalue weighted by Crippen LogP contribution is -2.42. The summed E-state index contributed by atoms with van der Waals surface area (Å²) >= 11 is 0. The highest BCUT2D eigenvalue weighted by molar-refractivity contribution is 6.19. The minimum absolute atomic E-state index is 0.00841. The Hall–Kier alpha value is -5.29. The molecule has 0 bridgehead atoms. The van der Waals surface area contributed by atoms with E-state index in [9.17, 15) is 14.9 Å². The third-order valence-corrected chi connectivity index (χ3v) is 6.97. The van der Waals surface area contributed by atoms with Gasteiger partial charge in [0.05, 0.1) is 24.5 Å². The fourth-order valence-electron chi connectivity index (χ4n) is 4.75. The number of amides is 2. The zero-order valence-corrected chi connectivity index (χ0v) is 24.0. The number of pyridine rings is 1. The van der Waals surface area contributed by atoms with Gasteiger partial charge in [-0.1, -0.05) is 38.1 Å². The Bertz CT molecular complexity index is 1740. The summed E-state index contributed by atoms with van der Waals surface area (Å²) in [4.78, 5) is 32.2. The molecular weight excluding hydrogens is 526 g/mol. The van der Waals surface area contributed by atoms with Gasteiger partial charge in [-0.15, -0.1) is 0 Å². The third-order valence-electron chi connectivity index (χ3n) is 6.97. The number of para-hydroxylation sites is 1. The number of nitrogens with zero attached hydrogens (tertiary/aromatic N) is 5. The number of nitriles is 1. The first-order chi connectivity index (χ1) is 20.3. The summed E-state index contributed by atoms with van der Waals surface area (Å²) in [5, 5.41) is 14.8. The molecule has 3 heterocycles. The molecule has 0 fully saturated rings. The van der Waals surface area contributed by atoms with Crippen LogP contribution in [0, 0.1) is 24.2 Å². The maximum atomic E-state index is 13.8. The summed E-state index contributed by atoms with van der Waals surface area (Å²) in [7, 11) is 0. The van der Waals surface area contributed by atoms with Crippen molar-refractivity contribution in [1.29, 1.82) is 5.26 Å². The number of carbonyl (C=O) groups is 2. The fraction of sp³-hybridized carbons (Fsp3) is 0.206. The smallest absolute Gasteiger partial charge is 0.271 e. The topological polar surface area (TPSA) is 101 Å². The van der Waals surface area contributed by atoms with Gasteiger partial charge in [-0.05, 0) is 78.9 Å². The van der Waals surface area contributed by atoms with E-state index in [4.69, 9.17) is 9.84 Å². The van der Waals surface area contributed by atoms with Crippen LogP contribution in [0.1, 0.15) is 37.5 Å². The molecule has 8 heteroatoms. The summed E-state index contributed by atoms with van der Waals surface area (Å²) in [6.45, 7) is 8.45. The molecule has 1 aliphatic heterocycles. The molecule has 2 aromatic heterocycles. The van der Waals surface area contributed by atoms with Gasteiger partial charge in [0.25, 0.3) is 11.8 Å². The predicted octanol–water partition coefficient (Wildman–Crippen LogP) is 6.07. The van der Waals surface area contributed by atoms with Crippen molar-refractivity contribution in [3.8, 4) is 28.8 Å². The van der Waals surface area contributed by atoms with E-state index in [2.05, 4.69) is 18.8 Å². The van der Waals surface area contributed by atoms with E-state index >= 15 is 0 Å². The summed E-state index contributed by atoms with van der Waals surface area (Å²) in [6.07, 6.45) is 6.79. The van der Waals surface area contributed by atoms with Crippen molar-refractivity contribution >= 4 is 17.9 Å². The fourth-order valence-corrected chi connectivity index (χ4v) is 4.75. The number of hydrogen-bond donors (Lipinski definition) is 0. The first-order valence-electron chi connectivity index (χ1n) is 13.7. The molecule has 4 aromatic rings. The molecule has 0 spiro atoms. The van der Waals surface area contributed by atoms with Crippen LogP contribution in [0.5, 0.6) is 5.75 Å². The van der Waals surface area contributed by atoms with Gasteiger partial charge >= 0.3 is 0 Å². The van der Waals surface area contributed by atoms with E-state index in [0.29, 0.717) is 34.9 Å². The number of imide groups is 1. The Kier molecular flexibility index (Phi) is 8.12. The van der Waals surface area contributed by atoms with Gasteiger partial charge in [0.2, 0.25) is 0 Å². The van der Waals surface area contributed by atoms with Crippen LogP contribution >= 0.6 is 0 Å². The highest BCUT2D eigenvalue weighted by Crippen LogP contribution is 2.33. The first kappa shape index (κ1) is 28.2. The van der Waals surface area contributed by atoms with Crippen molar-refractivity contribution in [1.82, 2.24) is 19.7 Å². The number of rotatable bonds is 8. The average molecular weight is 558 g/mol. The second kappa shape index (κ2) is 12.1. The van der Waals surface area contributed by atoms with Gasteiger partial charge in [-0.2, -0.15) is 10.4 Å². The molecule has 42 heavy (non-hydrogen) atoms. The molecule has 2 aromatic carbocycles. The number of benzene rings is 2. The standard InChI is InChI=1S/C34H31N5O3/c1-22(2)21-42-31-13-12-26(15-23(31)3)32-27(20-39(37-32)28-10-6-5-7-11-28)16-29-24(4)30(17-35)34(41)38(33(29)40)19-25-9-8-14-36-18-25/h5-16,18,20,22H,19,21H2,1-4H3/b29-16+. The molecule has 210 valence electrons. The second-order valence-corrected chi connectivity index (χ2v) is 10.6. The molecule has 0 radical (unpaired) electrons. The van der Waals surface area contributed by atoms with Gasteiger partial charge < -0.3 is 4.74 Å². The minimum atomic E-state index is -0.617. The number of hydrogen-bond acceptors (Lipinski definition) is 6. The minimum Gasteiger partial charge on any atom is -0.493 e. The number of carbonyl (C=O) groups excluding carboxylic acids is 2. The normalized spacial score (nSPS) is 14.6. The number of aromatic nitrogens is 3. The van der Waals surface area contributed by atoms with E-state index in [1.165, 1.54) is 0 Å². The predicted molar refractivity (Wildman–Crippen MR) is 160 cm³/mol. The van der Waals surface area contributed by atoms with E-state index in [1.807, 2.05) is 67.7 Å². The monoisotopic (exact) mass is 557 g/mol. The van der Waals surface area contributed by atoms with Gasteiger partial charge in [0.15, 0.2) is 0 Å². The number of aryl methyl sites for hydroxylation is 1. The van der Waals surface area contributed by atoms with Crippen molar-refractivity contribution in [3.05, 3.63) is 113 Å². The van der Waals surface area contributed by atoms with Crippen LogP contribution in [0.2, 0.25) is 0 Å². The molecule has 8 nitrogen and oxygen atoms in total. The highest BCUT2D eigenvalue weighted by Gasteiger charge is 2.35. The maximum absolute atomic E-state index is 13.8. The largest absolute Gasteiger partial charge is 0.493 e. The summed E-state index contributed by atoms with van der Waals surface area (Å²) in [5.74, 6) is 0.108.